The zero-order valence-corrected chi connectivity index (χ0v) is 13.1. The summed E-state index contributed by atoms with van der Waals surface area (Å²) >= 11 is 6.16. The lowest BCUT2D eigenvalue weighted by Gasteiger charge is -2.43. The highest BCUT2D eigenvalue weighted by molar-refractivity contribution is 6.29. The topological polar surface area (TPSA) is 38.2 Å². The number of aromatic nitrogens is 2. The van der Waals surface area contributed by atoms with E-state index in [1.807, 2.05) is 6.07 Å². The summed E-state index contributed by atoms with van der Waals surface area (Å²) in [5.41, 5.74) is -0.193. The van der Waals surface area contributed by atoms with Crippen LogP contribution in [0.5, 0.6) is 0 Å². The van der Waals surface area contributed by atoms with Crippen LogP contribution in [0.15, 0.2) is 6.07 Å². The number of ether oxygens (including phenoxy) is 1. The molecule has 2 rings (SSSR count). The lowest BCUT2D eigenvalue weighted by molar-refractivity contribution is 0.0638. The Bertz CT molecular complexity index is 468. The first-order valence-electron chi connectivity index (χ1n) is 6.61. The van der Waals surface area contributed by atoms with Gasteiger partial charge in [-0.2, -0.15) is 0 Å². The second-order valence-corrected chi connectivity index (χ2v) is 7.03. The number of morpholine rings is 1. The van der Waals surface area contributed by atoms with Crippen LogP contribution in [0, 0.1) is 0 Å². The Morgan fingerprint density at radius 2 is 2.00 bits per heavy atom. The minimum absolute atomic E-state index is 0.0783. The number of hydrogen-bond acceptors (Lipinski definition) is 4. The van der Waals surface area contributed by atoms with E-state index in [9.17, 15) is 0 Å². The third kappa shape index (κ3) is 3.18. The van der Waals surface area contributed by atoms with Crippen LogP contribution in [0.2, 0.25) is 5.15 Å². The molecule has 0 aliphatic carbocycles. The van der Waals surface area contributed by atoms with Gasteiger partial charge in [-0.25, -0.2) is 9.97 Å². The van der Waals surface area contributed by atoms with Crippen LogP contribution in [0.1, 0.15) is 40.4 Å². The molecule has 1 aromatic rings. The molecule has 1 saturated heterocycles. The summed E-state index contributed by atoms with van der Waals surface area (Å²) in [5, 5.41) is 0.497. The number of halogens is 1. The SMILES string of the molecule is CC(C)(C)c1nc(Cl)cc(N2CCOCC2(C)C)n1. The molecule has 0 amide bonds. The van der Waals surface area contributed by atoms with Gasteiger partial charge in [0.05, 0.1) is 18.8 Å². The molecule has 0 atom stereocenters. The molecule has 4 nitrogen and oxygen atoms in total. The highest BCUT2D eigenvalue weighted by Gasteiger charge is 2.32. The summed E-state index contributed by atoms with van der Waals surface area (Å²) in [6, 6.07) is 1.84. The summed E-state index contributed by atoms with van der Waals surface area (Å²) in [7, 11) is 0. The van der Waals surface area contributed by atoms with Crippen LogP contribution in [0.4, 0.5) is 5.82 Å². The lowest BCUT2D eigenvalue weighted by Crippen LogP contribution is -2.53. The van der Waals surface area contributed by atoms with E-state index in [4.69, 9.17) is 21.3 Å². The molecule has 1 fully saturated rings. The van der Waals surface area contributed by atoms with Crippen molar-refractivity contribution < 1.29 is 4.74 Å². The predicted molar refractivity (Wildman–Crippen MR) is 78.0 cm³/mol. The Hall–Kier alpha value is -0.870. The highest BCUT2D eigenvalue weighted by Crippen LogP contribution is 2.29. The van der Waals surface area contributed by atoms with Gasteiger partial charge < -0.3 is 9.64 Å². The second kappa shape index (κ2) is 4.91. The van der Waals surface area contributed by atoms with Crippen molar-refractivity contribution in [3.8, 4) is 0 Å². The molecule has 106 valence electrons. The van der Waals surface area contributed by atoms with Gasteiger partial charge in [0.2, 0.25) is 0 Å². The smallest absolute Gasteiger partial charge is 0.137 e. The average Bonchev–Trinajstić information content (AvgIpc) is 2.26. The molecule has 1 aliphatic heterocycles. The molecule has 1 aromatic heterocycles. The van der Waals surface area contributed by atoms with E-state index in [0.717, 1.165) is 24.8 Å². The van der Waals surface area contributed by atoms with E-state index in [1.54, 1.807) is 0 Å². The van der Waals surface area contributed by atoms with Crippen LogP contribution >= 0.6 is 11.6 Å². The van der Waals surface area contributed by atoms with Gasteiger partial charge in [0, 0.05) is 18.0 Å². The number of anilines is 1. The van der Waals surface area contributed by atoms with Gasteiger partial charge in [0.25, 0.3) is 0 Å². The van der Waals surface area contributed by atoms with Crippen LogP contribution in [-0.2, 0) is 10.2 Å². The van der Waals surface area contributed by atoms with Crippen molar-refractivity contribution in [2.24, 2.45) is 0 Å². The maximum Gasteiger partial charge on any atom is 0.137 e. The van der Waals surface area contributed by atoms with Crippen molar-refractivity contribution in [1.29, 1.82) is 0 Å². The molecule has 0 aromatic carbocycles. The molecule has 2 heterocycles. The van der Waals surface area contributed by atoms with Crippen molar-refractivity contribution in [3.05, 3.63) is 17.0 Å². The van der Waals surface area contributed by atoms with Crippen molar-refractivity contribution >= 4 is 17.4 Å². The molecule has 0 saturated carbocycles. The van der Waals surface area contributed by atoms with E-state index >= 15 is 0 Å². The standard InChI is InChI=1S/C14H22ClN3O/c1-13(2,3)12-16-10(15)8-11(17-12)18-6-7-19-9-14(18,4)5/h8H,6-7,9H2,1-5H3. The highest BCUT2D eigenvalue weighted by atomic mass is 35.5. The molecule has 0 N–H and O–H groups in total. The van der Waals surface area contributed by atoms with Gasteiger partial charge in [-0.15, -0.1) is 0 Å². The fraction of sp³-hybridized carbons (Fsp3) is 0.714. The minimum Gasteiger partial charge on any atom is -0.377 e. The minimum atomic E-state index is -0.115. The molecule has 5 heteroatoms. The fourth-order valence-electron chi connectivity index (χ4n) is 2.16. The lowest BCUT2D eigenvalue weighted by atomic mass is 9.95. The van der Waals surface area contributed by atoms with Crippen molar-refractivity contribution in [3.63, 3.8) is 0 Å². The van der Waals surface area contributed by atoms with Gasteiger partial charge >= 0.3 is 0 Å². The molecule has 1 aliphatic rings. The number of nitrogens with zero attached hydrogens (tertiary/aromatic N) is 3. The summed E-state index contributed by atoms with van der Waals surface area (Å²) < 4.78 is 5.55. The zero-order valence-electron chi connectivity index (χ0n) is 12.3. The molecule has 19 heavy (non-hydrogen) atoms. The zero-order chi connectivity index (χ0) is 14.3. The second-order valence-electron chi connectivity index (χ2n) is 6.64. The van der Waals surface area contributed by atoms with E-state index < -0.39 is 0 Å². The Balaban J connectivity index is 2.42. The van der Waals surface area contributed by atoms with Gasteiger partial charge in [-0.3, -0.25) is 0 Å². The Morgan fingerprint density at radius 1 is 1.32 bits per heavy atom. The molecular formula is C14H22ClN3O. The van der Waals surface area contributed by atoms with Gasteiger partial charge in [-0.1, -0.05) is 32.4 Å². The van der Waals surface area contributed by atoms with Gasteiger partial charge in [0.1, 0.15) is 16.8 Å². The third-order valence-corrected chi connectivity index (χ3v) is 3.47. The summed E-state index contributed by atoms with van der Waals surface area (Å²) in [5.74, 6) is 1.66. The van der Waals surface area contributed by atoms with Crippen molar-refractivity contribution in [2.75, 3.05) is 24.7 Å². The number of rotatable bonds is 1. The van der Waals surface area contributed by atoms with Crippen LogP contribution < -0.4 is 4.90 Å². The maximum absolute atomic E-state index is 6.16. The first-order chi connectivity index (χ1) is 8.70. The van der Waals surface area contributed by atoms with Crippen LogP contribution in [0.25, 0.3) is 0 Å². The molecular weight excluding hydrogens is 262 g/mol. The average molecular weight is 284 g/mol. The normalized spacial score (nSPS) is 19.6. The summed E-state index contributed by atoms with van der Waals surface area (Å²) in [6.07, 6.45) is 0. The first-order valence-corrected chi connectivity index (χ1v) is 6.98. The van der Waals surface area contributed by atoms with E-state index in [2.05, 4.69) is 44.5 Å². The summed E-state index contributed by atoms with van der Waals surface area (Å²) in [4.78, 5) is 11.3. The van der Waals surface area contributed by atoms with Crippen LogP contribution in [-0.4, -0.2) is 35.3 Å². The van der Waals surface area contributed by atoms with Gasteiger partial charge in [0.15, 0.2) is 0 Å². The number of hydrogen-bond donors (Lipinski definition) is 0. The van der Waals surface area contributed by atoms with E-state index in [0.29, 0.717) is 11.8 Å². The molecule has 0 spiro atoms. The van der Waals surface area contributed by atoms with Crippen molar-refractivity contribution in [2.45, 2.75) is 45.6 Å². The molecule has 0 unspecified atom stereocenters. The predicted octanol–water partition coefficient (Wildman–Crippen LogP) is 3.04. The van der Waals surface area contributed by atoms with E-state index in [-0.39, 0.29) is 11.0 Å². The fourth-order valence-corrected chi connectivity index (χ4v) is 2.34. The largest absolute Gasteiger partial charge is 0.377 e. The van der Waals surface area contributed by atoms with Crippen LogP contribution in [0.3, 0.4) is 0 Å². The third-order valence-electron chi connectivity index (χ3n) is 3.27. The molecule has 0 bridgehead atoms. The van der Waals surface area contributed by atoms with Gasteiger partial charge in [-0.05, 0) is 13.8 Å². The maximum atomic E-state index is 6.16. The quantitative estimate of drug-likeness (QED) is 0.743. The Labute approximate surface area is 120 Å². The van der Waals surface area contributed by atoms with E-state index in [1.165, 1.54) is 0 Å². The Kier molecular flexibility index (Phi) is 3.76. The van der Waals surface area contributed by atoms with Crippen molar-refractivity contribution in [1.82, 2.24) is 9.97 Å². The Morgan fingerprint density at radius 3 is 2.58 bits per heavy atom. The monoisotopic (exact) mass is 283 g/mol. The summed E-state index contributed by atoms with van der Waals surface area (Å²) in [6.45, 7) is 12.8. The molecule has 0 radical (unpaired) electrons. The first kappa shape index (κ1) is 14.5.